The van der Waals surface area contributed by atoms with Gasteiger partial charge in [0.25, 0.3) is 0 Å². The molecule has 5 heteroatoms. The molecule has 0 amide bonds. The Morgan fingerprint density at radius 2 is 2.59 bits per heavy atom. The summed E-state index contributed by atoms with van der Waals surface area (Å²) >= 11 is 1.62. The minimum Gasteiger partial charge on any atom is -0.466 e. The van der Waals surface area contributed by atoms with Crippen molar-refractivity contribution in [3.8, 4) is 0 Å². The molecule has 0 bridgehead atoms. The van der Waals surface area contributed by atoms with E-state index >= 15 is 0 Å². The normalized spacial score (nSPS) is 19.5. The van der Waals surface area contributed by atoms with E-state index in [4.69, 9.17) is 9.47 Å². The number of carbonyl (C=O) groups excluding carboxylic acids is 1. The number of rotatable bonds is 5. The molecule has 1 aromatic heterocycles. The van der Waals surface area contributed by atoms with Gasteiger partial charge in [0.2, 0.25) is 0 Å². The van der Waals surface area contributed by atoms with Gasteiger partial charge in [-0.05, 0) is 19.8 Å². The van der Waals surface area contributed by atoms with Crippen LogP contribution in [0.3, 0.4) is 0 Å². The van der Waals surface area contributed by atoms with Crippen LogP contribution in [0.25, 0.3) is 0 Å². The Bertz CT molecular complexity index is 372. The number of hydrogen-bond acceptors (Lipinski definition) is 5. The number of aryl methyl sites for hydroxylation is 1. The van der Waals surface area contributed by atoms with Gasteiger partial charge in [0, 0.05) is 18.4 Å². The molecule has 17 heavy (non-hydrogen) atoms. The van der Waals surface area contributed by atoms with E-state index in [1.54, 1.807) is 11.3 Å². The zero-order chi connectivity index (χ0) is 12.1. The molecule has 1 atom stereocenters. The Morgan fingerprint density at radius 1 is 1.71 bits per heavy atom. The van der Waals surface area contributed by atoms with E-state index in [1.807, 2.05) is 12.3 Å². The molecule has 1 unspecified atom stereocenters. The summed E-state index contributed by atoms with van der Waals surface area (Å²) in [5, 5.41) is 3.05. The fourth-order valence-corrected chi connectivity index (χ4v) is 2.76. The molecule has 4 nitrogen and oxygen atoms in total. The largest absolute Gasteiger partial charge is 0.466 e. The van der Waals surface area contributed by atoms with Crippen molar-refractivity contribution in [3.05, 3.63) is 16.1 Å². The molecule has 2 heterocycles. The Labute approximate surface area is 105 Å². The second kappa shape index (κ2) is 6.12. The third-order valence-corrected chi connectivity index (χ3v) is 3.65. The first-order chi connectivity index (χ1) is 8.29. The molecule has 94 valence electrons. The van der Waals surface area contributed by atoms with Crippen LogP contribution in [0.15, 0.2) is 5.38 Å². The molecule has 0 aliphatic carbocycles. The monoisotopic (exact) mass is 255 g/mol. The number of thiazole rings is 1. The van der Waals surface area contributed by atoms with Gasteiger partial charge >= 0.3 is 5.97 Å². The Kier molecular flexibility index (Phi) is 4.50. The molecule has 1 aromatic rings. The second-order valence-electron chi connectivity index (χ2n) is 3.98. The van der Waals surface area contributed by atoms with Gasteiger partial charge in [0.15, 0.2) is 0 Å². The van der Waals surface area contributed by atoms with Crippen molar-refractivity contribution in [2.24, 2.45) is 0 Å². The number of ether oxygens (including phenoxy) is 2. The van der Waals surface area contributed by atoms with E-state index in [0.717, 1.165) is 30.2 Å². The van der Waals surface area contributed by atoms with Crippen molar-refractivity contribution in [2.45, 2.75) is 38.7 Å². The minimum atomic E-state index is -0.154. The molecular weight excluding hydrogens is 238 g/mol. The van der Waals surface area contributed by atoms with Crippen LogP contribution in [-0.4, -0.2) is 24.2 Å². The summed E-state index contributed by atoms with van der Waals surface area (Å²) in [6, 6.07) is 0. The molecule has 0 spiro atoms. The van der Waals surface area contributed by atoms with Gasteiger partial charge in [0.1, 0.15) is 11.1 Å². The molecule has 0 saturated carbocycles. The smallest absolute Gasteiger partial charge is 0.306 e. The summed E-state index contributed by atoms with van der Waals surface area (Å²) in [5.74, 6) is -0.154. The van der Waals surface area contributed by atoms with Crippen molar-refractivity contribution in [1.29, 1.82) is 0 Å². The summed E-state index contributed by atoms with van der Waals surface area (Å²) in [4.78, 5) is 15.7. The van der Waals surface area contributed by atoms with Crippen molar-refractivity contribution in [1.82, 2.24) is 4.98 Å². The molecular formula is C12H17NO3S. The van der Waals surface area contributed by atoms with Crippen LogP contribution >= 0.6 is 11.3 Å². The summed E-state index contributed by atoms with van der Waals surface area (Å²) < 4.78 is 10.5. The highest BCUT2D eigenvalue weighted by atomic mass is 32.1. The number of aromatic nitrogens is 1. The average molecular weight is 255 g/mol. The predicted octanol–water partition coefficient (Wildman–Crippen LogP) is 2.49. The minimum absolute atomic E-state index is 0.154. The van der Waals surface area contributed by atoms with Gasteiger partial charge in [-0.1, -0.05) is 0 Å². The summed E-state index contributed by atoms with van der Waals surface area (Å²) in [6.45, 7) is 3.09. The highest BCUT2D eigenvalue weighted by Gasteiger charge is 2.20. The SMILES string of the molecule is CCOC(=O)CCc1csc(C2CCCO2)n1. The topological polar surface area (TPSA) is 48.4 Å². The van der Waals surface area contributed by atoms with Gasteiger partial charge in [-0.3, -0.25) is 4.79 Å². The van der Waals surface area contributed by atoms with Gasteiger partial charge in [-0.2, -0.15) is 0 Å². The Morgan fingerprint density at radius 3 is 3.29 bits per heavy atom. The van der Waals surface area contributed by atoms with Crippen molar-refractivity contribution < 1.29 is 14.3 Å². The molecule has 0 radical (unpaired) electrons. The lowest BCUT2D eigenvalue weighted by atomic mass is 10.2. The van der Waals surface area contributed by atoms with Crippen LogP contribution < -0.4 is 0 Å². The van der Waals surface area contributed by atoms with Crippen molar-refractivity contribution in [2.75, 3.05) is 13.2 Å². The molecule has 1 saturated heterocycles. The van der Waals surface area contributed by atoms with Crippen LogP contribution in [0.2, 0.25) is 0 Å². The highest BCUT2D eigenvalue weighted by Crippen LogP contribution is 2.30. The lowest BCUT2D eigenvalue weighted by Crippen LogP contribution is -2.05. The quantitative estimate of drug-likeness (QED) is 0.758. The number of esters is 1. The lowest BCUT2D eigenvalue weighted by molar-refractivity contribution is -0.143. The maximum Gasteiger partial charge on any atom is 0.306 e. The van der Waals surface area contributed by atoms with Gasteiger partial charge < -0.3 is 9.47 Å². The fraction of sp³-hybridized carbons (Fsp3) is 0.667. The molecule has 2 rings (SSSR count). The van der Waals surface area contributed by atoms with Crippen LogP contribution in [0.1, 0.15) is 43.0 Å². The fourth-order valence-electron chi connectivity index (χ4n) is 1.82. The van der Waals surface area contributed by atoms with Gasteiger partial charge in [0.05, 0.1) is 18.7 Å². The van der Waals surface area contributed by atoms with E-state index in [-0.39, 0.29) is 12.1 Å². The van der Waals surface area contributed by atoms with Crippen molar-refractivity contribution in [3.63, 3.8) is 0 Å². The van der Waals surface area contributed by atoms with Crippen LogP contribution in [0, 0.1) is 0 Å². The number of nitrogens with zero attached hydrogens (tertiary/aromatic N) is 1. The zero-order valence-electron chi connectivity index (χ0n) is 9.98. The van der Waals surface area contributed by atoms with E-state index in [0.29, 0.717) is 19.4 Å². The van der Waals surface area contributed by atoms with Crippen LogP contribution in [-0.2, 0) is 20.7 Å². The second-order valence-corrected chi connectivity index (χ2v) is 4.87. The maximum atomic E-state index is 11.2. The van der Waals surface area contributed by atoms with E-state index < -0.39 is 0 Å². The first kappa shape index (κ1) is 12.5. The third-order valence-electron chi connectivity index (χ3n) is 2.67. The maximum absolute atomic E-state index is 11.2. The van der Waals surface area contributed by atoms with Crippen molar-refractivity contribution >= 4 is 17.3 Å². The number of hydrogen-bond donors (Lipinski definition) is 0. The highest BCUT2D eigenvalue weighted by molar-refractivity contribution is 7.09. The van der Waals surface area contributed by atoms with E-state index in [1.165, 1.54) is 0 Å². The summed E-state index contributed by atoms with van der Waals surface area (Å²) in [6.07, 6.45) is 3.41. The molecule has 1 aliphatic heterocycles. The van der Waals surface area contributed by atoms with E-state index in [9.17, 15) is 4.79 Å². The molecule has 1 fully saturated rings. The van der Waals surface area contributed by atoms with Crippen LogP contribution in [0.5, 0.6) is 0 Å². The zero-order valence-corrected chi connectivity index (χ0v) is 10.8. The van der Waals surface area contributed by atoms with E-state index in [2.05, 4.69) is 4.98 Å². The third kappa shape index (κ3) is 3.51. The van der Waals surface area contributed by atoms with Gasteiger partial charge in [-0.15, -0.1) is 11.3 Å². The number of carbonyl (C=O) groups is 1. The standard InChI is InChI=1S/C12H17NO3S/c1-2-15-11(14)6-5-9-8-17-12(13-9)10-4-3-7-16-10/h8,10H,2-7H2,1H3. The summed E-state index contributed by atoms with van der Waals surface area (Å²) in [5.41, 5.74) is 0.966. The predicted molar refractivity (Wildman–Crippen MR) is 65.0 cm³/mol. The lowest BCUT2D eigenvalue weighted by Gasteiger charge is -2.03. The Balaban J connectivity index is 1.83. The summed E-state index contributed by atoms with van der Waals surface area (Å²) in [7, 11) is 0. The molecule has 1 aliphatic rings. The molecule has 0 N–H and O–H groups in total. The van der Waals surface area contributed by atoms with Gasteiger partial charge in [-0.25, -0.2) is 4.98 Å². The first-order valence-electron chi connectivity index (χ1n) is 6.01. The first-order valence-corrected chi connectivity index (χ1v) is 6.89. The Hall–Kier alpha value is -0.940. The molecule has 0 aromatic carbocycles. The average Bonchev–Trinajstić information content (AvgIpc) is 2.97. The van der Waals surface area contributed by atoms with Crippen LogP contribution in [0.4, 0.5) is 0 Å².